The summed E-state index contributed by atoms with van der Waals surface area (Å²) in [4.78, 5) is 0. The summed E-state index contributed by atoms with van der Waals surface area (Å²) in [6, 6.07) is 4.71. The van der Waals surface area contributed by atoms with Crippen LogP contribution in [0.5, 0.6) is 11.5 Å². The van der Waals surface area contributed by atoms with Gasteiger partial charge < -0.3 is 27.4 Å². The minimum atomic E-state index is -0.333. The second-order valence-electron chi connectivity index (χ2n) is 2.82. The number of nitrogens with two attached hydrogens (primary N) is 3. The quantitative estimate of drug-likeness (QED) is 0.221. The first-order valence-corrected chi connectivity index (χ1v) is 4.27. The minimum Gasteiger partial charge on any atom is -0.504 e. The second-order valence-corrected chi connectivity index (χ2v) is 2.82. The van der Waals surface area contributed by atoms with Crippen molar-refractivity contribution in [1.82, 2.24) is 0 Å². The summed E-state index contributed by atoms with van der Waals surface area (Å²) in [6.45, 7) is 0.546. The maximum atomic E-state index is 9.04. The largest absolute Gasteiger partial charge is 0.504 e. The van der Waals surface area contributed by atoms with E-state index in [0.29, 0.717) is 13.0 Å². The number of rotatable bonds is 2. The highest BCUT2D eigenvalue weighted by Crippen LogP contribution is 2.24. The average Bonchev–Trinajstić information content (AvgIpc) is 2.11. The molecule has 0 unspecified atom stereocenters. The molecule has 9 N–H and O–H groups in total. The van der Waals surface area contributed by atoms with Crippen molar-refractivity contribution in [3.05, 3.63) is 23.8 Å². The van der Waals surface area contributed by atoms with E-state index in [1.165, 1.54) is 12.1 Å². The number of phenols is 2. The standard InChI is InChI=1S/C8H11NO2.CH5N3/c9-4-3-6-1-2-7(10)8(11)5-6;2-1(3)4/h1-2,5,10-11H,3-4,9H2;(H5,2,3,4). The van der Waals surface area contributed by atoms with Crippen LogP contribution in [-0.2, 0) is 6.42 Å². The highest BCUT2D eigenvalue weighted by Gasteiger charge is 1.98. The topological polar surface area (TPSA) is 142 Å². The fraction of sp³-hybridized carbons (Fsp3) is 0.222. The van der Waals surface area contributed by atoms with E-state index in [9.17, 15) is 0 Å². The fourth-order valence-electron chi connectivity index (χ4n) is 0.891. The van der Waals surface area contributed by atoms with E-state index in [2.05, 4.69) is 11.5 Å². The second kappa shape index (κ2) is 6.50. The zero-order valence-corrected chi connectivity index (χ0v) is 8.27. The maximum Gasteiger partial charge on any atom is 0.183 e. The molecule has 0 aliphatic heterocycles. The molecule has 0 aromatic heterocycles. The predicted molar refractivity (Wildman–Crippen MR) is 58.6 cm³/mol. The zero-order chi connectivity index (χ0) is 11.8. The van der Waals surface area contributed by atoms with E-state index in [4.69, 9.17) is 21.4 Å². The number of guanidine groups is 1. The Balaban J connectivity index is 0.000000423. The molecule has 6 heteroatoms. The Morgan fingerprint density at radius 3 is 2.13 bits per heavy atom. The van der Waals surface area contributed by atoms with Crippen LogP contribution >= 0.6 is 0 Å². The highest BCUT2D eigenvalue weighted by atomic mass is 16.3. The van der Waals surface area contributed by atoms with Gasteiger partial charge >= 0.3 is 0 Å². The number of benzene rings is 1. The van der Waals surface area contributed by atoms with E-state index >= 15 is 0 Å². The molecule has 1 aromatic carbocycles. The van der Waals surface area contributed by atoms with Crippen LogP contribution in [0.1, 0.15) is 5.56 Å². The fourth-order valence-corrected chi connectivity index (χ4v) is 0.891. The number of aromatic hydroxyl groups is 2. The third-order valence-electron chi connectivity index (χ3n) is 1.47. The third kappa shape index (κ3) is 6.17. The summed E-state index contributed by atoms with van der Waals surface area (Å²) in [6.07, 6.45) is 0.716. The Morgan fingerprint density at radius 1 is 1.20 bits per heavy atom. The molecule has 0 heterocycles. The SMILES string of the molecule is N=C(N)N.NCCc1ccc(O)c(O)c1. The van der Waals surface area contributed by atoms with Crippen LogP contribution in [0.4, 0.5) is 0 Å². The van der Waals surface area contributed by atoms with Crippen LogP contribution in [-0.4, -0.2) is 22.7 Å². The van der Waals surface area contributed by atoms with Crippen LogP contribution in [0.2, 0.25) is 0 Å². The molecule has 0 saturated carbocycles. The molecule has 0 atom stereocenters. The van der Waals surface area contributed by atoms with Crippen molar-refractivity contribution >= 4 is 5.96 Å². The first-order valence-electron chi connectivity index (χ1n) is 4.27. The van der Waals surface area contributed by atoms with Crippen molar-refractivity contribution in [3.63, 3.8) is 0 Å². The lowest BCUT2D eigenvalue weighted by Crippen LogP contribution is -2.20. The molecule has 0 aliphatic carbocycles. The molecular formula is C9H16N4O2. The summed E-state index contributed by atoms with van der Waals surface area (Å²) < 4.78 is 0. The van der Waals surface area contributed by atoms with Crippen LogP contribution in [0.15, 0.2) is 18.2 Å². The monoisotopic (exact) mass is 212 g/mol. The Kier molecular flexibility index (Phi) is 5.65. The maximum absolute atomic E-state index is 9.04. The van der Waals surface area contributed by atoms with Gasteiger partial charge in [-0.3, -0.25) is 5.41 Å². The number of nitrogens with one attached hydrogen (secondary N) is 1. The first-order chi connectivity index (χ1) is 6.97. The molecule has 0 spiro atoms. The van der Waals surface area contributed by atoms with Gasteiger partial charge in [0, 0.05) is 0 Å². The van der Waals surface area contributed by atoms with Gasteiger partial charge in [0.15, 0.2) is 17.5 Å². The molecule has 0 saturated heterocycles. The molecule has 84 valence electrons. The van der Waals surface area contributed by atoms with Gasteiger partial charge in [0.1, 0.15) is 0 Å². The smallest absolute Gasteiger partial charge is 0.183 e. The normalized spacial score (nSPS) is 8.87. The van der Waals surface area contributed by atoms with Crippen LogP contribution < -0.4 is 17.2 Å². The van der Waals surface area contributed by atoms with Crippen molar-refractivity contribution in [2.75, 3.05) is 6.54 Å². The van der Waals surface area contributed by atoms with Gasteiger partial charge in [0.05, 0.1) is 0 Å². The first kappa shape index (κ1) is 13.1. The van der Waals surface area contributed by atoms with Crippen molar-refractivity contribution in [1.29, 1.82) is 5.41 Å². The highest BCUT2D eigenvalue weighted by molar-refractivity contribution is 5.71. The molecule has 0 bridgehead atoms. The Labute approximate surface area is 87.8 Å². The van der Waals surface area contributed by atoms with E-state index in [-0.39, 0.29) is 17.5 Å². The van der Waals surface area contributed by atoms with E-state index in [1.807, 2.05) is 0 Å². The van der Waals surface area contributed by atoms with Crippen molar-refractivity contribution in [3.8, 4) is 11.5 Å². The van der Waals surface area contributed by atoms with Crippen molar-refractivity contribution in [2.45, 2.75) is 6.42 Å². The van der Waals surface area contributed by atoms with Crippen LogP contribution in [0.25, 0.3) is 0 Å². The number of phenolic OH excluding ortho intramolecular Hbond substituents is 2. The van der Waals surface area contributed by atoms with E-state index < -0.39 is 0 Å². The van der Waals surface area contributed by atoms with Gasteiger partial charge in [0.25, 0.3) is 0 Å². The van der Waals surface area contributed by atoms with Gasteiger partial charge in [-0.15, -0.1) is 0 Å². The van der Waals surface area contributed by atoms with Crippen molar-refractivity contribution in [2.24, 2.45) is 17.2 Å². The lowest BCUT2D eigenvalue weighted by atomic mass is 10.1. The molecule has 1 aromatic rings. The van der Waals surface area contributed by atoms with Crippen LogP contribution in [0, 0.1) is 5.41 Å². The lowest BCUT2D eigenvalue weighted by molar-refractivity contribution is 0.403. The van der Waals surface area contributed by atoms with E-state index in [1.54, 1.807) is 6.07 Å². The Hall–Kier alpha value is -1.95. The van der Waals surface area contributed by atoms with Gasteiger partial charge in [0.2, 0.25) is 0 Å². The summed E-state index contributed by atoms with van der Waals surface area (Å²) in [7, 11) is 0. The number of hydrogen-bond donors (Lipinski definition) is 6. The van der Waals surface area contributed by atoms with E-state index in [0.717, 1.165) is 5.56 Å². The predicted octanol–water partition coefficient (Wildman–Crippen LogP) is -0.562. The molecular weight excluding hydrogens is 196 g/mol. The van der Waals surface area contributed by atoms with Gasteiger partial charge in [-0.05, 0) is 30.7 Å². The lowest BCUT2D eigenvalue weighted by Gasteiger charge is -2.00. The number of hydrogen-bond acceptors (Lipinski definition) is 4. The molecule has 6 nitrogen and oxygen atoms in total. The zero-order valence-electron chi connectivity index (χ0n) is 8.27. The molecule has 1 rings (SSSR count). The average molecular weight is 212 g/mol. The van der Waals surface area contributed by atoms with Crippen molar-refractivity contribution < 1.29 is 10.2 Å². The molecule has 0 amide bonds. The molecule has 15 heavy (non-hydrogen) atoms. The molecule has 0 fully saturated rings. The molecule has 0 aliphatic rings. The summed E-state index contributed by atoms with van der Waals surface area (Å²) >= 11 is 0. The summed E-state index contributed by atoms with van der Waals surface area (Å²) in [5.74, 6) is -0.512. The summed E-state index contributed by atoms with van der Waals surface area (Å²) in [5, 5.41) is 24.0. The minimum absolute atomic E-state index is 0.0871. The van der Waals surface area contributed by atoms with Gasteiger partial charge in [-0.1, -0.05) is 6.07 Å². The molecule has 0 radical (unpaired) electrons. The Morgan fingerprint density at radius 2 is 1.73 bits per heavy atom. The van der Waals surface area contributed by atoms with Crippen LogP contribution in [0.3, 0.4) is 0 Å². The third-order valence-corrected chi connectivity index (χ3v) is 1.47. The van der Waals surface area contributed by atoms with Gasteiger partial charge in [-0.25, -0.2) is 0 Å². The Bertz CT molecular complexity index is 324. The summed E-state index contributed by atoms with van der Waals surface area (Å²) in [5.41, 5.74) is 15.2. The van der Waals surface area contributed by atoms with Gasteiger partial charge in [-0.2, -0.15) is 0 Å².